The van der Waals surface area contributed by atoms with Crippen molar-refractivity contribution < 1.29 is 42.6 Å². The normalized spacial score (nSPS) is 16.9. The van der Waals surface area contributed by atoms with Gasteiger partial charge in [-0.1, -0.05) is 94.9 Å². The molecule has 15 nitrogen and oxygen atoms in total. The van der Waals surface area contributed by atoms with Crippen molar-refractivity contribution in [2.45, 2.75) is 68.7 Å². The van der Waals surface area contributed by atoms with Crippen molar-refractivity contribution in [3.05, 3.63) is 188 Å². The second-order valence-electron chi connectivity index (χ2n) is 21.0. The number of rotatable bonds is 26. The minimum absolute atomic E-state index is 0.0171. The van der Waals surface area contributed by atoms with Crippen molar-refractivity contribution in [1.82, 2.24) is 29.4 Å². The highest BCUT2D eigenvalue weighted by Crippen LogP contribution is 2.35. The summed E-state index contributed by atoms with van der Waals surface area (Å²) in [5.41, 5.74) is 3.24. The molecule has 2 amide bonds. The molecule has 0 aliphatic carbocycles. The van der Waals surface area contributed by atoms with Crippen LogP contribution in [0, 0.1) is 0 Å². The van der Waals surface area contributed by atoms with E-state index in [1.807, 2.05) is 111 Å². The number of hydrogen-bond donors (Lipinski definition) is 1. The summed E-state index contributed by atoms with van der Waals surface area (Å²) in [5, 5.41) is 13.7. The first kappa shape index (κ1) is 61.4. The maximum absolute atomic E-state index is 13.6. The molecule has 2 aliphatic rings. The number of nitrogens with zero attached hydrogens (tertiary/aromatic N) is 6. The van der Waals surface area contributed by atoms with Crippen LogP contribution in [0.4, 0.5) is 0 Å². The number of piperazine rings is 2. The number of carbonyl (C=O) groups excluding carboxylic acids is 4. The summed E-state index contributed by atoms with van der Waals surface area (Å²) in [4.78, 5) is 65.8. The molecule has 6 aromatic rings. The molecule has 2 aliphatic heterocycles. The smallest absolute Gasteiger partial charge is 0.306 e. The zero-order chi connectivity index (χ0) is 57.4. The Hall–Kier alpha value is -5.72. The van der Waals surface area contributed by atoms with Crippen molar-refractivity contribution in [1.29, 1.82) is 0 Å². The second-order valence-corrected chi connectivity index (χ2v) is 22.7. The third-order valence-electron chi connectivity index (χ3n) is 15.5. The fourth-order valence-corrected chi connectivity index (χ4v) is 11.7. The molecule has 2 fully saturated rings. The molecule has 2 saturated heterocycles. The number of furan rings is 2. The fourth-order valence-electron chi connectivity index (χ4n) is 11.1. The lowest BCUT2D eigenvalue weighted by atomic mass is 9.94. The summed E-state index contributed by atoms with van der Waals surface area (Å²) in [6.45, 7) is 8.84. The predicted molar refractivity (Wildman–Crippen MR) is 315 cm³/mol. The maximum atomic E-state index is 13.6. The van der Waals surface area contributed by atoms with Gasteiger partial charge in [0.05, 0.1) is 38.7 Å². The highest BCUT2D eigenvalue weighted by Gasteiger charge is 2.37. The number of esters is 2. The topological polar surface area (TPSA) is 153 Å². The van der Waals surface area contributed by atoms with Gasteiger partial charge in [-0.3, -0.25) is 29.0 Å². The lowest BCUT2D eigenvalue weighted by Gasteiger charge is -2.41. The lowest BCUT2D eigenvalue weighted by Crippen LogP contribution is -2.51. The summed E-state index contributed by atoms with van der Waals surface area (Å²) in [7, 11) is 3.64. The Kier molecular flexibility index (Phi) is 22.7. The molecule has 2 unspecified atom stereocenters. The molecule has 8 rings (SSSR count). The van der Waals surface area contributed by atoms with Crippen LogP contribution in [0.3, 0.4) is 0 Å². The number of benzene rings is 4. The molecule has 4 heterocycles. The summed E-state index contributed by atoms with van der Waals surface area (Å²) in [5.74, 6) is -0.0254. The minimum Gasteiger partial charge on any atom is -0.468 e. The molecular weight excluding hydrogens is 1110 g/mol. The van der Waals surface area contributed by atoms with Crippen LogP contribution in [0.15, 0.2) is 143 Å². The van der Waals surface area contributed by atoms with Gasteiger partial charge in [0.1, 0.15) is 36.4 Å². The van der Waals surface area contributed by atoms with Crippen LogP contribution in [0.5, 0.6) is 0 Å². The van der Waals surface area contributed by atoms with Crippen LogP contribution in [-0.2, 0) is 19.1 Å². The lowest BCUT2D eigenvalue weighted by molar-refractivity contribution is -0.156. The molecule has 0 bridgehead atoms. The quantitative estimate of drug-likeness (QED) is 0.0513. The Morgan fingerprint density at radius 3 is 1.43 bits per heavy atom. The third kappa shape index (κ3) is 17.2. The van der Waals surface area contributed by atoms with Gasteiger partial charge in [0.25, 0.3) is 11.8 Å². The molecule has 1 N–H and O–H groups in total. The second kappa shape index (κ2) is 30.0. The number of likely N-dealkylation sites (N-methyl/N-ethyl adjacent to an activating group) is 2. The predicted octanol–water partition coefficient (Wildman–Crippen LogP) is 11.0. The number of carbonyl (C=O) groups is 4. The van der Waals surface area contributed by atoms with Gasteiger partial charge in [-0.15, -0.1) is 0 Å². The van der Waals surface area contributed by atoms with E-state index in [0.29, 0.717) is 108 Å². The molecule has 4 aromatic carbocycles. The van der Waals surface area contributed by atoms with Crippen LogP contribution in [0.1, 0.15) is 99.9 Å². The van der Waals surface area contributed by atoms with Gasteiger partial charge in [-0.2, -0.15) is 0 Å². The molecule has 6 atom stereocenters. The highest BCUT2D eigenvalue weighted by molar-refractivity contribution is 6.42. The average molecular weight is 1190 g/mol. The Morgan fingerprint density at radius 1 is 0.568 bits per heavy atom. The Balaban J connectivity index is 0.844. The van der Waals surface area contributed by atoms with Crippen LogP contribution >= 0.6 is 46.4 Å². The number of hydrogen-bond acceptors (Lipinski definition) is 13. The first-order chi connectivity index (χ1) is 39.1. The largest absolute Gasteiger partial charge is 0.468 e. The van der Waals surface area contributed by atoms with E-state index in [2.05, 4.69) is 19.6 Å². The number of aliphatic hydroxyl groups excluding tert-OH is 1. The standard InChI is InChI=1S/C62H72Cl4N6O9/c1-43(73)81-57(60(56-17-11-37-79-56)72-34-30-70(31-35-72)27-25-49(47-19-21-51(64)53(66)39-47)41-68(3)62(77)45-14-8-5-9-15-45)22-23-58(75)80-42-54(74)59(55-16-10-36-78-55)71-32-28-69(29-33-71)26-24-48(46-18-20-50(63)52(65)38-46)40-67(2)61(76)44-12-6-4-7-13-44/h4-21,36-39,48-49,54,57,59-60,74H,22-35,40-42H2,1-3H3/t48-,49-,54-,57+,59?,60?/m1/s1. The SMILES string of the molecule is CC(=O)O[C@@H](CCC(=O)OC[C@@H](O)C(c1ccco1)N1CCN(CC[C@H](CN(C)C(=O)c2ccccc2)c2ccc(Cl)c(Cl)c2)CC1)C(c1ccco1)N1CCN(CC[C@H](CN(C)C(=O)c2ccccc2)c2ccc(Cl)c(Cl)c2)CC1. The van der Waals surface area contributed by atoms with Crippen molar-refractivity contribution in [3.8, 4) is 0 Å². The maximum Gasteiger partial charge on any atom is 0.306 e. The molecule has 0 spiro atoms. The van der Waals surface area contributed by atoms with Gasteiger partial charge in [0.2, 0.25) is 0 Å². The zero-order valence-electron chi connectivity index (χ0n) is 46.1. The van der Waals surface area contributed by atoms with Gasteiger partial charge in [-0.05, 0) is 116 Å². The number of halogens is 4. The Morgan fingerprint density at radius 2 is 1.01 bits per heavy atom. The van der Waals surface area contributed by atoms with Crippen LogP contribution in [0.2, 0.25) is 20.1 Å². The Labute approximate surface area is 495 Å². The van der Waals surface area contributed by atoms with Gasteiger partial charge in [0.15, 0.2) is 0 Å². The van der Waals surface area contributed by atoms with Gasteiger partial charge < -0.3 is 43.0 Å². The van der Waals surface area contributed by atoms with Crippen molar-refractivity contribution in [2.75, 3.05) is 99.2 Å². The third-order valence-corrected chi connectivity index (χ3v) is 17.0. The first-order valence-electron chi connectivity index (χ1n) is 27.6. The van der Waals surface area contributed by atoms with Gasteiger partial charge in [-0.25, -0.2) is 0 Å². The van der Waals surface area contributed by atoms with Crippen LogP contribution in [0.25, 0.3) is 0 Å². The zero-order valence-corrected chi connectivity index (χ0v) is 49.1. The number of ether oxygens (including phenoxy) is 2. The summed E-state index contributed by atoms with van der Waals surface area (Å²) >= 11 is 25.6. The molecular formula is C62H72Cl4N6O9. The molecule has 0 saturated carbocycles. The van der Waals surface area contributed by atoms with E-state index < -0.39 is 36.2 Å². The van der Waals surface area contributed by atoms with Gasteiger partial charge >= 0.3 is 11.9 Å². The molecule has 432 valence electrons. The highest BCUT2D eigenvalue weighted by atomic mass is 35.5. The monoisotopic (exact) mass is 1180 g/mol. The summed E-state index contributed by atoms with van der Waals surface area (Å²) < 4.78 is 23.6. The van der Waals surface area contributed by atoms with Gasteiger partial charge in [0, 0.05) is 116 Å². The van der Waals surface area contributed by atoms with E-state index in [1.165, 1.54) is 6.92 Å². The van der Waals surface area contributed by atoms with E-state index in [4.69, 9.17) is 64.7 Å². The molecule has 19 heteroatoms. The number of aliphatic hydroxyl groups is 1. The molecule has 81 heavy (non-hydrogen) atoms. The van der Waals surface area contributed by atoms with Crippen LogP contribution in [-0.4, -0.2) is 170 Å². The van der Waals surface area contributed by atoms with Crippen molar-refractivity contribution in [3.63, 3.8) is 0 Å². The van der Waals surface area contributed by atoms with Crippen LogP contribution < -0.4 is 0 Å². The van der Waals surface area contributed by atoms with E-state index in [-0.39, 0.29) is 43.1 Å². The van der Waals surface area contributed by atoms with Crippen molar-refractivity contribution in [2.24, 2.45) is 0 Å². The fraction of sp³-hybridized carbons (Fsp3) is 0.419. The van der Waals surface area contributed by atoms with Crippen molar-refractivity contribution >= 4 is 70.2 Å². The molecule has 2 aromatic heterocycles. The number of amides is 2. The van der Waals surface area contributed by atoms with E-state index in [1.54, 1.807) is 46.6 Å². The minimum atomic E-state index is -1.11. The first-order valence-corrected chi connectivity index (χ1v) is 29.1. The summed E-state index contributed by atoms with van der Waals surface area (Å²) in [6.07, 6.45) is 2.86. The average Bonchev–Trinajstić information content (AvgIpc) is 4.23. The summed E-state index contributed by atoms with van der Waals surface area (Å²) in [6, 6.07) is 35.9. The molecule has 0 radical (unpaired) electrons. The van der Waals surface area contributed by atoms with E-state index >= 15 is 0 Å². The van der Waals surface area contributed by atoms with E-state index in [0.717, 1.165) is 37.1 Å². The Bertz CT molecular complexity index is 2940. The van der Waals surface area contributed by atoms with E-state index in [9.17, 15) is 24.3 Å².